The van der Waals surface area contributed by atoms with Gasteiger partial charge in [0.2, 0.25) is 0 Å². The van der Waals surface area contributed by atoms with E-state index in [2.05, 4.69) is 5.32 Å². The topological polar surface area (TPSA) is 39.0 Å². The Hall–Kier alpha value is -4.07. The Labute approximate surface area is 192 Å². The lowest BCUT2D eigenvalue weighted by Gasteiger charge is -2.13. The van der Waals surface area contributed by atoms with E-state index < -0.39 is 23.5 Å². The molecule has 0 unspecified atom stereocenters. The molecule has 5 aromatic rings. The first-order valence-electron chi connectivity index (χ1n) is 10.5. The summed E-state index contributed by atoms with van der Waals surface area (Å²) < 4.78 is 57.0. The minimum atomic E-state index is -4.48. The van der Waals surface area contributed by atoms with Gasteiger partial charge in [-0.2, -0.15) is 13.2 Å². The number of fused-ring (bicyclic) bond motifs is 2. The van der Waals surface area contributed by atoms with Crippen LogP contribution in [-0.4, -0.2) is 15.0 Å². The van der Waals surface area contributed by atoms with Crippen molar-refractivity contribution < 1.29 is 22.4 Å². The third-order valence-corrected chi connectivity index (χ3v) is 5.83. The average Bonchev–Trinajstić information content (AvgIpc) is 3.33. The summed E-state index contributed by atoms with van der Waals surface area (Å²) in [7, 11) is 1.92. The number of halogens is 4. The van der Waals surface area contributed by atoms with Crippen molar-refractivity contribution in [1.82, 2.24) is 9.13 Å². The molecule has 34 heavy (non-hydrogen) atoms. The summed E-state index contributed by atoms with van der Waals surface area (Å²) in [4.78, 5) is 13.2. The third-order valence-electron chi connectivity index (χ3n) is 5.83. The smallest absolute Gasteiger partial charge is 0.351 e. The van der Waals surface area contributed by atoms with Crippen molar-refractivity contribution in [3.8, 4) is 0 Å². The molecule has 0 bridgehead atoms. The molecule has 5 rings (SSSR count). The van der Waals surface area contributed by atoms with Crippen LogP contribution in [0.4, 0.5) is 23.2 Å². The molecule has 1 N–H and O–H groups in total. The van der Waals surface area contributed by atoms with Crippen LogP contribution in [0.15, 0.2) is 79.0 Å². The molecule has 0 aliphatic carbocycles. The fourth-order valence-electron chi connectivity index (χ4n) is 4.18. The number of carbonyl (C=O) groups excluding carboxylic acids is 1. The van der Waals surface area contributed by atoms with Crippen molar-refractivity contribution in [3.05, 3.63) is 102 Å². The van der Waals surface area contributed by atoms with Gasteiger partial charge in [-0.15, -0.1) is 0 Å². The minimum Gasteiger partial charge on any atom is -0.351 e. The summed E-state index contributed by atoms with van der Waals surface area (Å²) in [5.74, 6) is -0.913. The molecule has 0 saturated carbocycles. The zero-order valence-electron chi connectivity index (χ0n) is 18.0. The van der Waals surface area contributed by atoms with E-state index in [9.17, 15) is 22.4 Å². The molecule has 2 heterocycles. The van der Waals surface area contributed by atoms with E-state index in [-0.39, 0.29) is 12.2 Å². The van der Waals surface area contributed by atoms with E-state index >= 15 is 0 Å². The Morgan fingerprint density at radius 2 is 1.71 bits per heavy atom. The molecular formula is C26H19F4N3O. The molecule has 0 radical (unpaired) electrons. The molecule has 0 saturated heterocycles. The van der Waals surface area contributed by atoms with E-state index in [0.29, 0.717) is 22.2 Å². The van der Waals surface area contributed by atoms with E-state index in [4.69, 9.17) is 0 Å². The van der Waals surface area contributed by atoms with Crippen molar-refractivity contribution in [2.75, 3.05) is 5.32 Å². The highest BCUT2D eigenvalue weighted by molar-refractivity contribution is 6.07. The van der Waals surface area contributed by atoms with E-state index in [1.54, 1.807) is 22.8 Å². The average molecular weight is 465 g/mol. The molecule has 4 nitrogen and oxygen atoms in total. The molecule has 0 atom stereocenters. The Morgan fingerprint density at radius 3 is 2.50 bits per heavy atom. The van der Waals surface area contributed by atoms with Crippen molar-refractivity contribution in [1.29, 1.82) is 0 Å². The molecule has 0 spiro atoms. The van der Waals surface area contributed by atoms with Crippen LogP contribution < -0.4 is 5.32 Å². The number of carbonyl (C=O) groups is 1. The summed E-state index contributed by atoms with van der Waals surface area (Å²) in [5.41, 5.74) is 1.94. The molecular weight excluding hydrogens is 446 g/mol. The Balaban J connectivity index is 1.53. The van der Waals surface area contributed by atoms with Crippen LogP contribution in [0.2, 0.25) is 0 Å². The molecule has 1 amide bonds. The summed E-state index contributed by atoms with van der Waals surface area (Å²) in [5, 5.41) is 4.29. The first-order chi connectivity index (χ1) is 16.2. The zero-order chi connectivity index (χ0) is 24.0. The summed E-state index contributed by atoms with van der Waals surface area (Å²) >= 11 is 0. The fraction of sp³-hybridized carbons (Fsp3) is 0.115. The summed E-state index contributed by atoms with van der Waals surface area (Å²) in [6.07, 6.45) is -2.56. The normalized spacial score (nSPS) is 11.9. The lowest BCUT2D eigenvalue weighted by atomic mass is 10.1. The van der Waals surface area contributed by atoms with Crippen molar-refractivity contribution in [2.45, 2.75) is 12.7 Å². The van der Waals surface area contributed by atoms with Crippen molar-refractivity contribution in [3.63, 3.8) is 0 Å². The number of aromatic nitrogens is 2. The largest absolute Gasteiger partial charge is 0.416 e. The van der Waals surface area contributed by atoms with Crippen molar-refractivity contribution in [2.24, 2.45) is 7.05 Å². The number of amides is 1. The van der Waals surface area contributed by atoms with Gasteiger partial charge in [0.1, 0.15) is 11.5 Å². The Bertz CT molecular complexity index is 1550. The van der Waals surface area contributed by atoms with Crippen LogP contribution in [0.3, 0.4) is 0 Å². The van der Waals surface area contributed by atoms with Crippen LogP contribution >= 0.6 is 0 Å². The first-order valence-corrected chi connectivity index (χ1v) is 10.5. The second-order valence-electron chi connectivity index (χ2n) is 8.17. The summed E-state index contributed by atoms with van der Waals surface area (Å²) in [6.45, 7) is 0.0134. The monoisotopic (exact) mass is 465 g/mol. The second-order valence-corrected chi connectivity index (χ2v) is 8.17. The molecule has 8 heteroatoms. The minimum absolute atomic E-state index is 0.0134. The maximum absolute atomic E-state index is 13.9. The van der Waals surface area contributed by atoms with Gasteiger partial charge in [0.15, 0.2) is 0 Å². The zero-order valence-corrected chi connectivity index (χ0v) is 18.0. The predicted molar refractivity (Wildman–Crippen MR) is 123 cm³/mol. The Morgan fingerprint density at radius 1 is 0.912 bits per heavy atom. The lowest BCUT2D eigenvalue weighted by molar-refractivity contribution is -0.137. The van der Waals surface area contributed by atoms with Crippen LogP contribution in [0.25, 0.3) is 21.8 Å². The quantitative estimate of drug-likeness (QED) is 0.299. The van der Waals surface area contributed by atoms with Crippen LogP contribution in [-0.2, 0) is 19.8 Å². The number of hydrogen-bond donors (Lipinski definition) is 1. The second kappa shape index (κ2) is 8.06. The maximum atomic E-state index is 13.9. The molecule has 2 aromatic heterocycles. The number of hydrogen-bond acceptors (Lipinski definition) is 1. The van der Waals surface area contributed by atoms with Gasteiger partial charge in [0.25, 0.3) is 5.91 Å². The van der Waals surface area contributed by atoms with Crippen LogP contribution in [0.5, 0.6) is 0 Å². The van der Waals surface area contributed by atoms with Gasteiger partial charge < -0.3 is 14.5 Å². The van der Waals surface area contributed by atoms with Gasteiger partial charge in [-0.1, -0.05) is 12.1 Å². The predicted octanol–water partition coefficient (Wildman–Crippen LogP) is 6.59. The Kier molecular flexibility index (Phi) is 5.16. The highest BCUT2D eigenvalue weighted by atomic mass is 19.4. The first kappa shape index (κ1) is 21.8. The number of alkyl halides is 3. The SMILES string of the molecule is Cn1ccc2cc(NC(=O)c3cc4cc(F)ccc4n3Cc3cccc(C(F)(F)F)c3)ccc21. The number of anilines is 1. The van der Waals surface area contributed by atoms with Gasteiger partial charge >= 0.3 is 6.18 Å². The highest BCUT2D eigenvalue weighted by Gasteiger charge is 2.30. The van der Waals surface area contributed by atoms with Gasteiger partial charge in [0.05, 0.1) is 5.56 Å². The molecule has 3 aromatic carbocycles. The van der Waals surface area contributed by atoms with Gasteiger partial charge in [-0.05, 0) is 66.2 Å². The molecule has 0 aliphatic heterocycles. The highest BCUT2D eigenvalue weighted by Crippen LogP contribution is 2.30. The van der Waals surface area contributed by atoms with Crippen molar-refractivity contribution >= 4 is 33.4 Å². The van der Waals surface area contributed by atoms with Crippen LogP contribution in [0, 0.1) is 5.82 Å². The van der Waals surface area contributed by atoms with Crippen LogP contribution in [0.1, 0.15) is 21.6 Å². The van der Waals surface area contributed by atoms with Gasteiger partial charge in [-0.3, -0.25) is 4.79 Å². The van der Waals surface area contributed by atoms with E-state index in [0.717, 1.165) is 23.0 Å². The van der Waals surface area contributed by atoms with E-state index in [1.807, 2.05) is 36.0 Å². The lowest BCUT2D eigenvalue weighted by Crippen LogP contribution is -2.17. The molecule has 172 valence electrons. The maximum Gasteiger partial charge on any atom is 0.416 e. The number of rotatable bonds is 4. The molecule has 0 fully saturated rings. The van der Waals surface area contributed by atoms with Gasteiger partial charge in [-0.25, -0.2) is 4.39 Å². The number of nitrogens with zero attached hydrogens (tertiary/aromatic N) is 2. The molecule has 0 aliphatic rings. The fourth-order valence-corrected chi connectivity index (χ4v) is 4.18. The van der Waals surface area contributed by atoms with Gasteiger partial charge in [0, 0.05) is 47.3 Å². The third kappa shape index (κ3) is 4.03. The van der Waals surface area contributed by atoms with E-state index in [1.165, 1.54) is 24.3 Å². The summed E-state index contributed by atoms with van der Waals surface area (Å²) in [6, 6.07) is 18.0. The number of aryl methyl sites for hydroxylation is 1. The number of benzene rings is 3. The number of nitrogens with one attached hydrogen (secondary N) is 1. The standard InChI is InChI=1S/C26H19F4N3O/c1-32-10-9-17-13-21(6-8-22(17)32)31-25(34)24-14-18-12-20(27)5-7-23(18)33(24)15-16-3-2-4-19(11-16)26(28,29)30/h2-14H,15H2,1H3,(H,31,34).